The summed E-state index contributed by atoms with van der Waals surface area (Å²) in [6.45, 7) is 0. The van der Waals surface area contributed by atoms with E-state index in [9.17, 15) is 14.7 Å². The standard InChI is InChI=1S/C21H25NO6/c1-26-16-8-4-14(5-9-16)6-11-20(23)22-17(13-21(24)25)15-7-10-18(27-2)19(12-15)28-3/h4-5,7-10,12,17H,6,11,13H2,1-3H3,(H,22,23)(H,24,25). The lowest BCUT2D eigenvalue weighted by molar-refractivity contribution is -0.137. The first kappa shape index (κ1) is 21.1. The zero-order valence-electron chi connectivity index (χ0n) is 16.2. The molecule has 7 nitrogen and oxygen atoms in total. The number of hydrogen-bond donors (Lipinski definition) is 2. The fraction of sp³-hybridized carbons (Fsp3) is 0.333. The Morgan fingerprint density at radius 2 is 1.64 bits per heavy atom. The van der Waals surface area contributed by atoms with E-state index in [1.54, 1.807) is 25.3 Å². The maximum atomic E-state index is 12.4. The van der Waals surface area contributed by atoms with Crippen molar-refractivity contribution in [2.24, 2.45) is 0 Å². The zero-order chi connectivity index (χ0) is 20.5. The molecule has 28 heavy (non-hydrogen) atoms. The SMILES string of the molecule is COc1ccc(CCC(=O)NC(CC(=O)O)c2ccc(OC)c(OC)c2)cc1. The van der Waals surface area contributed by atoms with Gasteiger partial charge in [-0.25, -0.2) is 0 Å². The molecule has 2 aromatic rings. The Morgan fingerprint density at radius 3 is 2.21 bits per heavy atom. The first-order valence-corrected chi connectivity index (χ1v) is 8.82. The topological polar surface area (TPSA) is 94.1 Å². The number of carboxylic acid groups (broad SMARTS) is 1. The van der Waals surface area contributed by atoms with Crippen molar-refractivity contribution in [1.82, 2.24) is 5.32 Å². The summed E-state index contributed by atoms with van der Waals surface area (Å²) in [5.41, 5.74) is 1.63. The van der Waals surface area contributed by atoms with Crippen molar-refractivity contribution in [3.63, 3.8) is 0 Å². The number of carbonyl (C=O) groups is 2. The molecule has 7 heteroatoms. The Kier molecular flexibility index (Phi) is 7.68. The number of amides is 1. The molecule has 0 fully saturated rings. The fourth-order valence-corrected chi connectivity index (χ4v) is 2.81. The molecule has 0 saturated carbocycles. The second-order valence-corrected chi connectivity index (χ2v) is 6.18. The van der Waals surface area contributed by atoms with Gasteiger partial charge in [0.2, 0.25) is 5.91 Å². The summed E-state index contributed by atoms with van der Waals surface area (Å²) in [7, 11) is 4.62. The number of hydrogen-bond acceptors (Lipinski definition) is 5. The predicted octanol–water partition coefficient (Wildman–Crippen LogP) is 2.98. The van der Waals surface area contributed by atoms with Crippen LogP contribution >= 0.6 is 0 Å². The lowest BCUT2D eigenvalue weighted by atomic mass is 10.0. The monoisotopic (exact) mass is 387 g/mol. The highest BCUT2D eigenvalue weighted by molar-refractivity contribution is 5.78. The van der Waals surface area contributed by atoms with E-state index < -0.39 is 12.0 Å². The van der Waals surface area contributed by atoms with Crippen molar-refractivity contribution < 1.29 is 28.9 Å². The molecular formula is C21H25NO6. The largest absolute Gasteiger partial charge is 0.497 e. The van der Waals surface area contributed by atoms with E-state index in [2.05, 4.69) is 5.32 Å². The molecule has 1 unspecified atom stereocenters. The van der Waals surface area contributed by atoms with Gasteiger partial charge in [-0.05, 0) is 41.8 Å². The molecule has 1 amide bonds. The van der Waals surface area contributed by atoms with Gasteiger partial charge >= 0.3 is 5.97 Å². The van der Waals surface area contributed by atoms with Crippen molar-refractivity contribution >= 4 is 11.9 Å². The number of benzene rings is 2. The number of ether oxygens (including phenoxy) is 3. The second-order valence-electron chi connectivity index (χ2n) is 6.18. The minimum atomic E-state index is -1.00. The lowest BCUT2D eigenvalue weighted by Gasteiger charge is -2.19. The Bertz CT molecular complexity index is 803. The van der Waals surface area contributed by atoms with E-state index in [-0.39, 0.29) is 18.7 Å². The van der Waals surface area contributed by atoms with Crippen molar-refractivity contribution in [1.29, 1.82) is 0 Å². The Morgan fingerprint density at radius 1 is 0.964 bits per heavy atom. The molecule has 2 N–H and O–H groups in total. The number of carbonyl (C=O) groups excluding carboxylic acids is 1. The molecule has 0 heterocycles. The number of rotatable bonds is 10. The molecule has 0 aromatic heterocycles. The van der Waals surface area contributed by atoms with Crippen molar-refractivity contribution in [2.45, 2.75) is 25.3 Å². The number of aryl methyl sites for hydroxylation is 1. The van der Waals surface area contributed by atoms with Crippen LogP contribution in [0.5, 0.6) is 17.2 Å². The summed E-state index contributed by atoms with van der Waals surface area (Å²) >= 11 is 0. The summed E-state index contributed by atoms with van der Waals surface area (Å²) in [5, 5.41) is 12.0. The second kappa shape index (κ2) is 10.2. The van der Waals surface area contributed by atoms with E-state index in [4.69, 9.17) is 14.2 Å². The normalized spacial score (nSPS) is 11.4. The smallest absolute Gasteiger partial charge is 0.305 e. The molecule has 0 spiro atoms. The molecule has 1 atom stereocenters. The van der Waals surface area contributed by atoms with Crippen LogP contribution < -0.4 is 19.5 Å². The Hall–Kier alpha value is -3.22. The summed E-state index contributed by atoms with van der Waals surface area (Å²) in [4.78, 5) is 23.7. The van der Waals surface area contributed by atoms with Crippen LogP contribution in [-0.2, 0) is 16.0 Å². The number of aliphatic carboxylic acids is 1. The summed E-state index contributed by atoms with van der Waals surface area (Å²) < 4.78 is 15.6. The van der Waals surface area contributed by atoms with Gasteiger partial charge in [-0.15, -0.1) is 0 Å². The quantitative estimate of drug-likeness (QED) is 0.651. The van der Waals surface area contributed by atoms with E-state index in [0.717, 1.165) is 11.3 Å². The van der Waals surface area contributed by atoms with Crippen molar-refractivity contribution in [3.05, 3.63) is 53.6 Å². The van der Waals surface area contributed by atoms with Gasteiger partial charge in [0.05, 0.1) is 33.8 Å². The van der Waals surface area contributed by atoms with Crippen LogP contribution in [0.1, 0.15) is 30.0 Å². The van der Waals surface area contributed by atoms with Crippen LogP contribution in [0.15, 0.2) is 42.5 Å². The number of nitrogens with one attached hydrogen (secondary N) is 1. The van der Waals surface area contributed by atoms with Gasteiger partial charge in [0, 0.05) is 6.42 Å². The van der Waals surface area contributed by atoms with Crippen LogP contribution in [0.2, 0.25) is 0 Å². The highest BCUT2D eigenvalue weighted by Crippen LogP contribution is 2.31. The third-order valence-corrected chi connectivity index (χ3v) is 4.32. The fourth-order valence-electron chi connectivity index (χ4n) is 2.81. The molecule has 0 bridgehead atoms. The molecule has 2 rings (SSSR count). The highest BCUT2D eigenvalue weighted by atomic mass is 16.5. The third-order valence-electron chi connectivity index (χ3n) is 4.32. The minimum absolute atomic E-state index is 0.225. The molecule has 0 aliphatic rings. The van der Waals surface area contributed by atoms with Crippen molar-refractivity contribution in [2.75, 3.05) is 21.3 Å². The average molecular weight is 387 g/mol. The van der Waals surface area contributed by atoms with E-state index in [1.807, 2.05) is 24.3 Å². The van der Waals surface area contributed by atoms with Crippen LogP contribution in [-0.4, -0.2) is 38.3 Å². The highest BCUT2D eigenvalue weighted by Gasteiger charge is 2.20. The third kappa shape index (κ3) is 5.90. The lowest BCUT2D eigenvalue weighted by Crippen LogP contribution is -2.30. The Balaban J connectivity index is 2.06. The maximum Gasteiger partial charge on any atom is 0.305 e. The zero-order valence-corrected chi connectivity index (χ0v) is 16.2. The number of carboxylic acids is 1. The first-order chi connectivity index (χ1) is 13.5. The average Bonchev–Trinajstić information content (AvgIpc) is 2.71. The summed E-state index contributed by atoms with van der Waals surface area (Å²) in [5.74, 6) is 0.532. The molecule has 0 aliphatic carbocycles. The van der Waals surface area contributed by atoms with Gasteiger partial charge in [-0.3, -0.25) is 9.59 Å². The molecule has 2 aromatic carbocycles. The van der Waals surface area contributed by atoms with Crippen LogP contribution in [0, 0.1) is 0 Å². The van der Waals surface area contributed by atoms with Gasteiger partial charge in [0.25, 0.3) is 0 Å². The molecule has 0 radical (unpaired) electrons. The van der Waals surface area contributed by atoms with Crippen LogP contribution in [0.4, 0.5) is 0 Å². The summed E-state index contributed by atoms with van der Waals surface area (Å²) in [6, 6.07) is 11.9. The molecule has 0 aliphatic heterocycles. The van der Waals surface area contributed by atoms with Crippen LogP contribution in [0.3, 0.4) is 0 Å². The van der Waals surface area contributed by atoms with E-state index in [1.165, 1.54) is 14.2 Å². The van der Waals surface area contributed by atoms with Gasteiger partial charge in [0.15, 0.2) is 11.5 Å². The minimum Gasteiger partial charge on any atom is -0.497 e. The molecule has 0 saturated heterocycles. The number of methoxy groups -OCH3 is 3. The van der Waals surface area contributed by atoms with Crippen molar-refractivity contribution in [3.8, 4) is 17.2 Å². The van der Waals surface area contributed by atoms with Gasteiger partial charge in [-0.1, -0.05) is 18.2 Å². The van der Waals surface area contributed by atoms with Gasteiger partial charge in [0.1, 0.15) is 5.75 Å². The Labute approximate surface area is 164 Å². The first-order valence-electron chi connectivity index (χ1n) is 8.82. The molecule has 150 valence electrons. The summed E-state index contributed by atoms with van der Waals surface area (Å²) in [6.07, 6.45) is 0.557. The van der Waals surface area contributed by atoms with E-state index >= 15 is 0 Å². The van der Waals surface area contributed by atoms with E-state index in [0.29, 0.717) is 23.5 Å². The van der Waals surface area contributed by atoms with Gasteiger partial charge < -0.3 is 24.6 Å². The molecular weight excluding hydrogens is 362 g/mol. The van der Waals surface area contributed by atoms with Crippen LogP contribution in [0.25, 0.3) is 0 Å². The maximum absolute atomic E-state index is 12.4. The van der Waals surface area contributed by atoms with Gasteiger partial charge in [-0.2, -0.15) is 0 Å². The predicted molar refractivity (Wildman–Crippen MR) is 104 cm³/mol.